The van der Waals surface area contributed by atoms with Crippen molar-refractivity contribution in [2.24, 2.45) is 0 Å². The van der Waals surface area contributed by atoms with E-state index in [1.807, 2.05) is 30.0 Å². The van der Waals surface area contributed by atoms with E-state index in [9.17, 15) is 4.79 Å². The summed E-state index contributed by atoms with van der Waals surface area (Å²) in [4.78, 5) is 25.5. The Morgan fingerprint density at radius 3 is 2.75 bits per heavy atom. The minimum absolute atomic E-state index is 0.173. The van der Waals surface area contributed by atoms with Crippen molar-refractivity contribution in [3.05, 3.63) is 47.7 Å². The Balaban J connectivity index is 1.35. The zero-order valence-corrected chi connectivity index (χ0v) is 17.2. The zero-order chi connectivity index (χ0) is 19.7. The third-order valence-corrected chi connectivity index (χ3v) is 5.97. The Kier molecular flexibility index (Phi) is 5.28. The number of likely N-dealkylation sites (N-methyl/N-ethyl adjacent to an activating group) is 1. The van der Waals surface area contributed by atoms with Crippen molar-refractivity contribution < 1.29 is 9.53 Å². The molecule has 3 heterocycles. The summed E-state index contributed by atoms with van der Waals surface area (Å²) in [5.74, 6) is 0.941. The third kappa shape index (κ3) is 4.00. The van der Waals surface area contributed by atoms with Crippen molar-refractivity contribution in [3.63, 3.8) is 0 Å². The first-order valence-electron chi connectivity index (χ1n) is 9.44. The van der Waals surface area contributed by atoms with Crippen LogP contribution in [0.5, 0.6) is 10.9 Å². The van der Waals surface area contributed by atoms with Crippen LogP contribution in [0.15, 0.2) is 36.5 Å². The number of likely N-dealkylation sites (tertiary alicyclic amines) is 1. The van der Waals surface area contributed by atoms with Crippen molar-refractivity contribution in [1.29, 1.82) is 0 Å². The van der Waals surface area contributed by atoms with Gasteiger partial charge in [0.05, 0.1) is 0 Å². The van der Waals surface area contributed by atoms with Gasteiger partial charge in [-0.3, -0.25) is 4.79 Å². The molecule has 0 bridgehead atoms. The predicted molar refractivity (Wildman–Crippen MR) is 111 cm³/mol. The third-order valence-electron chi connectivity index (χ3n) is 5.13. The van der Waals surface area contributed by atoms with Gasteiger partial charge in [0.2, 0.25) is 5.91 Å². The molecule has 1 amide bonds. The summed E-state index contributed by atoms with van der Waals surface area (Å²) in [6, 6.07) is 10.4. The summed E-state index contributed by atoms with van der Waals surface area (Å²) in [6.45, 7) is 6.30. The number of ether oxygens (including phenoxy) is 1. The Hall–Kier alpha value is -2.51. The van der Waals surface area contributed by atoms with E-state index in [4.69, 9.17) is 4.74 Å². The fraction of sp³-hybridized carbons (Fsp3) is 0.381. The molecule has 6 nitrogen and oxygen atoms in total. The van der Waals surface area contributed by atoms with Gasteiger partial charge in [0.25, 0.3) is 5.19 Å². The van der Waals surface area contributed by atoms with Crippen LogP contribution in [0, 0.1) is 6.92 Å². The first kappa shape index (κ1) is 18.8. The number of carbonyl (C=O) groups excluding carboxylic acids is 1. The molecule has 1 aliphatic rings. The number of hydrogen-bond acceptors (Lipinski definition) is 6. The molecule has 0 saturated carbocycles. The van der Waals surface area contributed by atoms with Crippen LogP contribution in [0.2, 0.25) is 0 Å². The van der Waals surface area contributed by atoms with Crippen LogP contribution < -0.4 is 4.74 Å². The van der Waals surface area contributed by atoms with Crippen LogP contribution in [0.25, 0.3) is 10.3 Å². The van der Waals surface area contributed by atoms with E-state index in [2.05, 4.69) is 34.0 Å². The van der Waals surface area contributed by atoms with Gasteiger partial charge >= 0.3 is 0 Å². The van der Waals surface area contributed by atoms with E-state index in [0.29, 0.717) is 11.2 Å². The largest absolute Gasteiger partial charge is 0.431 e. The maximum absolute atomic E-state index is 11.5. The molecule has 2 aromatic heterocycles. The Morgan fingerprint density at radius 2 is 2.11 bits per heavy atom. The summed E-state index contributed by atoms with van der Waals surface area (Å²) in [5.41, 5.74) is 3.21. The molecule has 1 aliphatic heterocycles. The molecule has 0 radical (unpaired) electrons. The fourth-order valence-electron chi connectivity index (χ4n) is 3.52. The highest BCUT2D eigenvalue weighted by atomic mass is 32.1. The Bertz CT molecular complexity index is 986. The number of rotatable bonds is 6. The number of aromatic nitrogens is 2. The molecule has 1 fully saturated rings. The lowest BCUT2D eigenvalue weighted by atomic mass is 10.0. The second-order valence-electron chi connectivity index (χ2n) is 7.36. The SMILES string of the molecule is CC(=O)N1CC[C@H]1CN(C)Cc1ccc(Oc2nc3c(C)ccnc3s2)cc1. The second kappa shape index (κ2) is 7.85. The molecule has 0 spiro atoms. The van der Waals surface area contributed by atoms with Crippen molar-refractivity contribution in [2.45, 2.75) is 32.9 Å². The Labute approximate surface area is 168 Å². The molecule has 3 aromatic rings. The lowest BCUT2D eigenvalue weighted by molar-refractivity contribution is -0.137. The number of carbonyl (C=O) groups is 1. The van der Waals surface area contributed by atoms with Crippen LogP contribution in [-0.4, -0.2) is 51.9 Å². The normalized spacial score (nSPS) is 16.4. The average Bonchev–Trinajstić information content (AvgIpc) is 3.04. The van der Waals surface area contributed by atoms with Gasteiger partial charge in [-0.15, -0.1) is 0 Å². The molecular weight excluding hydrogens is 372 g/mol. The number of nitrogens with zero attached hydrogens (tertiary/aromatic N) is 4. The number of pyridine rings is 1. The summed E-state index contributed by atoms with van der Waals surface area (Å²) >= 11 is 1.45. The standard InChI is InChI=1S/C21H24N4O2S/c1-14-8-10-22-20-19(14)23-21(28-20)27-18-6-4-16(5-7-18)12-24(3)13-17-9-11-25(17)15(2)26/h4-8,10,17H,9,11-13H2,1-3H3/t17-/m0/s1. The molecular formula is C21H24N4O2S. The van der Waals surface area contributed by atoms with Crippen LogP contribution in [0.1, 0.15) is 24.5 Å². The van der Waals surface area contributed by atoms with Gasteiger partial charge in [0.1, 0.15) is 16.1 Å². The number of fused-ring (bicyclic) bond motifs is 1. The first-order chi connectivity index (χ1) is 13.5. The maximum atomic E-state index is 11.5. The zero-order valence-electron chi connectivity index (χ0n) is 16.4. The van der Waals surface area contributed by atoms with Crippen LogP contribution in [-0.2, 0) is 11.3 Å². The highest BCUT2D eigenvalue weighted by Crippen LogP contribution is 2.31. The maximum Gasteiger partial charge on any atom is 0.281 e. The second-order valence-corrected chi connectivity index (χ2v) is 8.30. The quantitative estimate of drug-likeness (QED) is 0.633. The van der Waals surface area contributed by atoms with E-state index in [-0.39, 0.29) is 5.91 Å². The minimum Gasteiger partial charge on any atom is -0.431 e. The summed E-state index contributed by atoms with van der Waals surface area (Å²) in [6.07, 6.45) is 2.89. The molecule has 1 saturated heterocycles. The molecule has 1 aromatic carbocycles. The van der Waals surface area contributed by atoms with E-state index in [1.165, 1.54) is 16.9 Å². The summed E-state index contributed by atoms with van der Waals surface area (Å²) in [7, 11) is 2.09. The lowest BCUT2D eigenvalue weighted by Gasteiger charge is -2.42. The number of thiazole rings is 1. The number of aryl methyl sites for hydroxylation is 1. The highest BCUT2D eigenvalue weighted by molar-refractivity contribution is 7.19. The van der Waals surface area contributed by atoms with Gasteiger partial charge in [-0.05, 0) is 49.7 Å². The predicted octanol–water partition coefficient (Wildman–Crippen LogP) is 3.84. The molecule has 28 heavy (non-hydrogen) atoms. The molecule has 4 rings (SSSR count). The van der Waals surface area contributed by atoms with Crippen molar-refractivity contribution in [2.75, 3.05) is 20.1 Å². The van der Waals surface area contributed by atoms with Gasteiger partial charge in [-0.1, -0.05) is 23.5 Å². The van der Waals surface area contributed by atoms with E-state index >= 15 is 0 Å². The van der Waals surface area contributed by atoms with E-state index in [1.54, 1.807) is 13.1 Å². The minimum atomic E-state index is 0.173. The smallest absolute Gasteiger partial charge is 0.281 e. The molecule has 146 valence electrons. The van der Waals surface area contributed by atoms with E-state index < -0.39 is 0 Å². The highest BCUT2D eigenvalue weighted by Gasteiger charge is 2.30. The molecule has 0 aliphatic carbocycles. The number of amides is 1. The average molecular weight is 397 g/mol. The molecule has 1 atom stereocenters. The van der Waals surface area contributed by atoms with Gasteiger partial charge in [0.15, 0.2) is 0 Å². The summed E-state index contributed by atoms with van der Waals surface area (Å²) < 4.78 is 5.92. The molecule has 0 N–H and O–H groups in total. The van der Waals surface area contributed by atoms with Gasteiger partial charge in [-0.2, -0.15) is 0 Å². The molecule has 0 unspecified atom stereocenters. The van der Waals surface area contributed by atoms with Crippen molar-refractivity contribution in [1.82, 2.24) is 19.8 Å². The van der Waals surface area contributed by atoms with Gasteiger partial charge < -0.3 is 14.5 Å². The molecule has 7 heteroatoms. The fourth-order valence-corrected chi connectivity index (χ4v) is 4.38. The van der Waals surface area contributed by atoms with Gasteiger partial charge in [-0.25, -0.2) is 9.97 Å². The topological polar surface area (TPSA) is 58.6 Å². The van der Waals surface area contributed by atoms with Crippen LogP contribution >= 0.6 is 11.3 Å². The van der Waals surface area contributed by atoms with Gasteiger partial charge in [0, 0.05) is 38.8 Å². The van der Waals surface area contributed by atoms with Crippen molar-refractivity contribution >= 4 is 27.6 Å². The number of benzene rings is 1. The lowest BCUT2D eigenvalue weighted by Crippen LogP contribution is -2.54. The van der Waals surface area contributed by atoms with Crippen molar-refractivity contribution in [3.8, 4) is 10.9 Å². The van der Waals surface area contributed by atoms with Crippen LogP contribution in [0.4, 0.5) is 0 Å². The van der Waals surface area contributed by atoms with E-state index in [0.717, 1.165) is 47.7 Å². The monoisotopic (exact) mass is 396 g/mol. The van der Waals surface area contributed by atoms with Crippen LogP contribution in [0.3, 0.4) is 0 Å². The first-order valence-corrected chi connectivity index (χ1v) is 10.3. The summed E-state index contributed by atoms with van der Waals surface area (Å²) in [5, 5.41) is 0.607. The number of hydrogen-bond donors (Lipinski definition) is 0. The Morgan fingerprint density at radius 1 is 1.32 bits per heavy atom.